The molecule has 0 unspecified atom stereocenters. The van der Waals surface area contributed by atoms with Crippen LogP contribution in [0.5, 0.6) is 0 Å². The summed E-state index contributed by atoms with van der Waals surface area (Å²) in [5.74, 6) is -1.44. The first-order chi connectivity index (χ1) is 18.0. The number of hydrogen-bond donors (Lipinski definition) is 0. The van der Waals surface area contributed by atoms with Gasteiger partial charge in [0.05, 0.1) is 6.61 Å². The summed E-state index contributed by atoms with van der Waals surface area (Å²) in [6, 6.07) is 0. The van der Waals surface area contributed by atoms with Crippen molar-refractivity contribution in [3.63, 3.8) is 0 Å². The van der Waals surface area contributed by atoms with Crippen molar-refractivity contribution in [3.8, 4) is 0 Å². The Morgan fingerprint density at radius 3 is 2.53 bits per heavy atom. The molecular formula is C30H40O8. The Labute approximate surface area is 224 Å². The Hall–Kier alpha value is -2.77. The van der Waals surface area contributed by atoms with Gasteiger partial charge in [-0.2, -0.15) is 0 Å². The number of rotatable bonds is 9. The maximum atomic E-state index is 14.0. The molecule has 4 aliphatic carbocycles. The van der Waals surface area contributed by atoms with E-state index in [2.05, 4.69) is 0 Å². The van der Waals surface area contributed by atoms with E-state index in [1.165, 1.54) is 0 Å². The third-order valence-electron chi connectivity index (χ3n) is 9.62. The van der Waals surface area contributed by atoms with E-state index in [4.69, 9.17) is 14.2 Å². The van der Waals surface area contributed by atoms with E-state index >= 15 is 0 Å². The molecule has 6 atom stereocenters. The van der Waals surface area contributed by atoms with E-state index < -0.39 is 40.9 Å². The van der Waals surface area contributed by atoms with Crippen LogP contribution in [0.1, 0.15) is 85.5 Å². The summed E-state index contributed by atoms with van der Waals surface area (Å²) in [5, 5.41) is 0. The molecule has 0 heterocycles. The molecule has 38 heavy (non-hydrogen) atoms. The molecular weight excluding hydrogens is 488 g/mol. The van der Waals surface area contributed by atoms with Gasteiger partial charge in [0.15, 0.2) is 18.0 Å². The SMILES string of the molecule is CCCCOC(=O)O[C@]1(C(=O)COC(=O)CCC)CC[C@H]2[C@@H]3CCC4=CC(=O)C=C[C@]4(C)[C@H]3C(=O)C[C@@]21C. The maximum Gasteiger partial charge on any atom is 0.509 e. The lowest BCUT2D eigenvalue weighted by molar-refractivity contribution is -0.176. The number of allylic oxidation sites excluding steroid dienone is 4. The summed E-state index contributed by atoms with van der Waals surface area (Å²) in [4.78, 5) is 64.7. The molecule has 0 saturated heterocycles. The van der Waals surface area contributed by atoms with Crippen molar-refractivity contribution < 1.29 is 38.2 Å². The van der Waals surface area contributed by atoms with Gasteiger partial charge in [-0.25, -0.2) is 4.79 Å². The summed E-state index contributed by atoms with van der Waals surface area (Å²) < 4.78 is 16.5. The molecule has 3 saturated carbocycles. The number of esters is 1. The zero-order valence-electron chi connectivity index (χ0n) is 23.0. The Kier molecular flexibility index (Phi) is 8.01. The standard InChI is InChI=1S/C30H40O8/c1-5-7-15-36-27(35)38-30(24(33)18-37-25(34)8-6-2)14-12-22-21-10-9-19-16-20(31)11-13-28(19,3)26(21)23(32)17-29(22,30)4/h11,13,16,21-22,26H,5-10,12,14-15,17-18H2,1-4H3/t21-,22-,26+,28-,29-,30-/m0/s1. The fourth-order valence-corrected chi connectivity index (χ4v) is 7.71. The molecule has 0 radical (unpaired) electrons. The number of ether oxygens (including phenoxy) is 3. The van der Waals surface area contributed by atoms with E-state index in [-0.39, 0.29) is 55.2 Å². The van der Waals surface area contributed by atoms with Crippen LogP contribution in [0.25, 0.3) is 0 Å². The number of carbonyl (C=O) groups is 5. The van der Waals surface area contributed by atoms with Crippen LogP contribution in [0.15, 0.2) is 23.8 Å². The highest BCUT2D eigenvalue weighted by molar-refractivity contribution is 6.02. The maximum absolute atomic E-state index is 14.0. The lowest BCUT2D eigenvalue weighted by Gasteiger charge is -2.57. The quantitative estimate of drug-likeness (QED) is 0.301. The molecule has 0 aromatic heterocycles. The number of Topliss-reactive ketones (excluding diaryl/α,β-unsaturated/α-hetero) is 2. The number of fused-ring (bicyclic) bond motifs is 5. The zero-order valence-corrected chi connectivity index (χ0v) is 23.0. The van der Waals surface area contributed by atoms with Crippen LogP contribution in [-0.2, 0) is 33.4 Å². The highest BCUT2D eigenvalue weighted by Gasteiger charge is 2.70. The molecule has 3 fully saturated rings. The van der Waals surface area contributed by atoms with Crippen LogP contribution in [0.2, 0.25) is 0 Å². The average Bonchev–Trinajstić information content (AvgIpc) is 3.15. The highest BCUT2D eigenvalue weighted by atomic mass is 16.7. The first-order valence-electron chi connectivity index (χ1n) is 14.0. The lowest BCUT2D eigenvalue weighted by Crippen LogP contribution is -2.62. The monoisotopic (exact) mass is 528 g/mol. The minimum absolute atomic E-state index is 0.00542. The van der Waals surface area contributed by atoms with Crippen LogP contribution < -0.4 is 0 Å². The summed E-state index contributed by atoms with van der Waals surface area (Å²) in [7, 11) is 0. The molecule has 0 bridgehead atoms. The van der Waals surface area contributed by atoms with Crippen LogP contribution in [-0.4, -0.2) is 48.3 Å². The molecule has 0 aromatic carbocycles. The molecule has 4 rings (SSSR count). The molecule has 0 N–H and O–H groups in total. The van der Waals surface area contributed by atoms with Crippen LogP contribution >= 0.6 is 0 Å². The summed E-state index contributed by atoms with van der Waals surface area (Å²) in [5.41, 5.74) is -2.14. The second kappa shape index (κ2) is 10.8. The molecule has 4 aliphatic rings. The van der Waals surface area contributed by atoms with Gasteiger partial charge in [0.25, 0.3) is 0 Å². The van der Waals surface area contributed by atoms with Gasteiger partial charge in [0.2, 0.25) is 5.78 Å². The first kappa shape index (κ1) is 28.2. The predicted octanol–water partition coefficient (Wildman–Crippen LogP) is 5.08. The minimum Gasteiger partial charge on any atom is -0.457 e. The van der Waals surface area contributed by atoms with Gasteiger partial charge in [-0.3, -0.25) is 19.2 Å². The molecule has 8 heteroatoms. The van der Waals surface area contributed by atoms with Crippen molar-refractivity contribution in [2.75, 3.05) is 13.2 Å². The predicted molar refractivity (Wildman–Crippen MR) is 138 cm³/mol. The van der Waals surface area contributed by atoms with Crippen molar-refractivity contribution in [1.82, 2.24) is 0 Å². The third kappa shape index (κ3) is 4.64. The highest BCUT2D eigenvalue weighted by Crippen LogP contribution is 2.67. The van der Waals surface area contributed by atoms with E-state index in [9.17, 15) is 24.0 Å². The molecule has 0 aliphatic heterocycles. The van der Waals surface area contributed by atoms with Gasteiger partial charge in [-0.15, -0.1) is 0 Å². The van der Waals surface area contributed by atoms with Crippen molar-refractivity contribution in [1.29, 1.82) is 0 Å². The second-order valence-corrected chi connectivity index (χ2v) is 11.8. The summed E-state index contributed by atoms with van der Waals surface area (Å²) in [6.45, 7) is 7.38. The lowest BCUT2D eigenvalue weighted by atomic mass is 9.46. The van der Waals surface area contributed by atoms with E-state index in [1.54, 1.807) is 12.2 Å². The molecule has 0 spiro atoms. The number of ketones is 3. The van der Waals surface area contributed by atoms with Gasteiger partial charge < -0.3 is 14.2 Å². The molecule has 8 nitrogen and oxygen atoms in total. The van der Waals surface area contributed by atoms with Crippen LogP contribution in [0.3, 0.4) is 0 Å². The van der Waals surface area contributed by atoms with Crippen LogP contribution in [0.4, 0.5) is 4.79 Å². The molecule has 0 amide bonds. The zero-order chi connectivity index (χ0) is 27.7. The first-order valence-corrected chi connectivity index (χ1v) is 14.0. The average molecular weight is 529 g/mol. The second-order valence-electron chi connectivity index (χ2n) is 11.8. The Morgan fingerprint density at radius 2 is 1.82 bits per heavy atom. The van der Waals surface area contributed by atoms with Crippen molar-refractivity contribution >= 4 is 29.5 Å². The van der Waals surface area contributed by atoms with E-state index in [0.717, 1.165) is 18.4 Å². The van der Waals surface area contributed by atoms with Crippen molar-refractivity contribution in [2.24, 2.45) is 28.6 Å². The van der Waals surface area contributed by atoms with Gasteiger partial charge in [-0.05, 0) is 62.5 Å². The van der Waals surface area contributed by atoms with Crippen molar-refractivity contribution in [3.05, 3.63) is 23.8 Å². The van der Waals surface area contributed by atoms with Gasteiger partial charge in [0.1, 0.15) is 5.78 Å². The molecule has 0 aromatic rings. The smallest absolute Gasteiger partial charge is 0.457 e. The van der Waals surface area contributed by atoms with Gasteiger partial charge >= 0.3 is 12.1 Å². The van der Waals surface area contributed by atoms with E-state index in [1.807, 2.05) is 33.8 Å². The fourth-order valence-electron chi connectivity index (χ4n) is 7.71. The Balaban J connectivity index is 1.66. The minimum atomic E-state index is -1.62. The fraction of sp³-hybridized carbons (Fsp3) is 0.700. The number of carbonyl (C=O) groups excluding carboxylic acids is 5. The summed E-state index contributed by atoms with van der Waals surface area (Å²) >= 11 is 0. The third-order valence-corrected chi connectivity index (χ3v) is 9.62. The molecule has 208 valence electrons. The summed E-state index contributed by atoms with van der Waals surface area (Å²) in [6.07, 6.45) is 8.74. The normalized spacial score (nSPS) is 35.5. The number of hydrogen-bond acceptors (Lipinski definition) is 8. The van der Waals surface area contributed by atoms with Gasteiger partial charge in [0, 0.05) is 29.6 Å². The van der Waals surface area contributed by atoms with Crippen LogP contribution in [0, 0.1) is 28.6 Å². The Morgan fingerprint density at radius 1 is 1.05 bits per heavy atom. The van der Waals surface area contributed by atoms with Crippen molar-refractivity contribution in [2.45, 2.75) is 91.1 Å². The van der Waals surface area contributed by atoms with E-state index in [0.29, 0.717) is 25.7 Å². The number of unbranched alkanes of at least 4 members (excludes halogenated alkanes) is 1. The Bertz CT molecular complexity index is 1070. The largest absolute Gasteiger partial charge is 0.509 e. The topological polar surface area (TPSA) is 113 Å². The van der Waals surface area contributed by atoms with Gasteiger partial charge in [-0.1, -0.05) is 45.8 Å².